The Labute approximate surface area is 104 Å². The lowest BCUT2D eigenvalue weighted by Gasteiger charge is -2.19. The number of benzene rings is 1. The van der Waals surface area contributed by atoms with Crippen molar-refractivity contribution in [1.29, 1.82) is 0 Å². The molecule has 0 aromatic heterocycles. The molecule has 1 saturated heterocycles. The van der Waals surface area contributed by atoms with Gasteiger partial charge in [0.25, 0.3) is 0 Å². The summed E-state index contributed by atoms with van der Waals surface area (Å²) in [7, 11) is 0. The third-order valence-electron chi connectivity index (χ3n) is 3.45. The molecule has 0 bridgehead atoms. The summed E-state index contributed by atoms with van der Waals surface area (Å²) in [4.78, 5) is 0. The lowest BCUT2D eigenvalue weighted by molar-refractivity contribution is 0.0905. The van der Waals surface area contributed by atoms with E-state index in [1.165, 1.54) is 24.0 Å². The summed E-state index contributed by atoms with van der Waals surface area (Å²) in [5.41, 5.74) is 2.64. The third kappa shape index (κ3) is 3.30. The fourth-order valence-electron chi connectivity index (χ4n) is 2.43. The smallest absolute Gasteiger partial charge is 0.0866 e. The van der Waals surface area contributed by atoms with Crippen LogP contribution in [-0.4, -0.2) is 19.7 Å². The highest BCUT2D eigenvalue weighted by molar-refractivity contribution is 5.24. The Morgan fingerprint density at radius 3 is 2.76 bits per heavy atom. The van der Waals surface area contributed by atoms with E-state index in [2.05, 4.69) is 43.4 Å². The molecule has 0 amide bonds. The molecule has 0 aliphatic carbocycles. The zero-order valence-corrected chi connectivity index (χ0v) is 10.9. The van der Waals surface area contributed by atoms with Crippen LogP contribution in [0.5, 0.6) is 0 Å². The number of aryl methyl sites for hydroxylation is 1. The normalized spacial score (nSPS) is 24.1. The number of nitrogens with one attached hydrogen (secondary N) is 1. The molecular formula is C15H23NO. The lowest BCUT2D eigenvalue weighted by Crippen LogP contribution is -2.25. The summed E-state index contributed by atoms with van der Waals surface area (Å²) in [5, 5.41) is 3.51. The molecule has 2 nitrogen and oxygen atoms in total. The molecule has 1 aromatic rings. The average molecular weight is 233 g/mol. The van der Waals surface area contributed by atoms with Crippen molar-refractivity contribution in [3.8, 4) is 0 Å². The fourth-order valence-corrected chi connectivity index (χ4v) is 2.43. The average Bonchev–Trinajstić information content (AvgIpc) is 2.79. The summed E-state index contributed by atoms with van der Waals surface area (Å²) >= 11 is 0. The van der Waals surface area contributed by atoms with Crippen LogP contribution >= 0.6 is 0 Å². The van der Waals surface area contributed by atoms with E-state index in [0.717, 1.165) is 19.7 Å². The van der Waals surface area contributed by atoms with E-state index in [9.17, 15) is 0 Å². The minimum absolute atomic E-state index is 0.292. The summed E-state index contributed by atoms with van der Waals surface area (Å²) in [5.74, 6) is 0.629. The summed E-state index contributed by atoms with van der Waals surface area (Å²) in [6.07, 6.45) is 2.66. The van der Waals surface area contributed by atoms with E-state index in [1.807, 2.05) is 0 Å². The molecule has 0 radical (unpaired) electrons. The minimum Gasteiger partial charge on any atom is -0.373 e. The van der Waals surface area contributed by atoms with E-state index in [1.54, 1.807) is 0 Å². The standard InChI is InChI=1S/C15H23NO/c1-3-9-16-11-14-8-10-17-15(14)13-6-4-12(2)5-7-13/h4-7,14-16H,3,8-11H2,1-2H3. The van der Waals surface area contributed by atoms with Crippen LogP contribution in [0.15, 0.2) is 24.3 Å². The molecule has 17 heavy (non-hydrogen) atoms. The Hall–Kier alpha value is -0.860. The van der Waals surface area contributed by atoms with E-state index in [4.69, 9.17) is 4.74 Å². The number of hydrogen-bond donors (Lipinski definition) is 1. The van der Waals surface area contributed by atoms with Crippen molar-refractivity contribution >= 4 is 0 Å². The summed E-state index contributed by atoms with van der Waals surface area (Å²) < 4.78 is 5.88. The van der Waals surface area contributed by atoms with Gasteiger partial charge in [-0.25, -0.2) is 0 Å². The van der Waals surface area contributed by atoms with E-state index in [0.29, 0.717) is 12.0 Å². The van der Waals surface area contributed by atoms with Crippen molar-refractivity contribution in [3.05, 3.63) is 35.4 Å². The highest BCUT2D eigenvalue weighted by Gasteiger charge is 2.28. The van der Waals surface area contributed by atoms with Crippen LogP contribution in [0.4, 0.5) is 0 Å². The molecule has 1 fully saturated rings. The molecule has 1 aromatic carbocycles. The Morgan fingerprint density at radius 1 is 1.29 bits per heavy atom. The van der Waals surface area contributed by atoms with Crippen LogP contribution in [0.1, 0.15) is 37.0 Å². The molecule has 94 valence electrons. The molecular weight excluding hydrogens is 210 g/mol. The quantitative estimate of drug-likeness (QED) is 0.789. The van der Waals surface area contributed by atoms with Crippen LogP contribution in [-0.2, 0) is 4.74 Å². The first-order valence-electron chi connectivity index (χ1n) is 6.70. The van der Waals surface area contributed by atoms with Gasteiger partial charge in [-0.15, -0.1) is 0 Å². The Kier molecular flexibility index (Phi) is 4.57. The molecule has 2 rings (SSSR count). The van der Waals surface area contributed by atoms with Crippen molar-refractivity contribution in [3.63, 3.8) is 0 Å². The van der Waals surface area contributed by atoms with Crippen molar-refractivity contribution in [2.24, 2.45) is 5.92 Å². The zero-order chi connectivity index (χ0) is 12.1. The van der Waals surface area contributed by atoms with Gasteiger partial charge in [-0.05, 0) is 31.9 Å². The SMILES string of the molecule is CCCNCC1CCOC1c1ccc(C)cc1. The van der Waals surface area contributed by atoms with Gasteiger partial charge in [0.2, 0.25) is 0 Å². The molecule has 1 aliphatic heterocycles. The maximum atomic E-state index is 5.88. The number of ether oxygens (including phenoxy) is 1. The van der Waals surface area contributed by atoms with Gasteiger partial charge in [0.15, 0.2) is 0 Å². The molecule has 1 aliphatic rings. The van der Waals surface area contributed by atoms with Gasteiger partial charge >= 0.3 is 0 Å². The van der Waals surface area contributed by atoms with Gasteiger partial charge in [-0.3, -0.25) is 0 Å². The second-order valence-electron chi connectivity index (χ2n) is 4.95. The Bertz CT molecular complexity index is 333. The molecule has 2 heteroatoms. The van der Waals surface area contributed by atoms with Gasteiger partial charge in [-0.2, -0.15) is 0 Å². The number of rotatable bonds is 5. The van der Waals surface area contributed by atoms with Crippen LogP contribution < -0.4 is 5.32 Å². The highest BCUT2D eigenvalue weighted by atomic mass is 16.5. The molecule has 1 heterocycles. The van der Waals surface area contributed by atoms with Gasteiger partial charge in [0, 0.05) is 19.1 Å². The second-order valence-corrected chi connectivity index (χ2v) is 4.95. The van der Waals surface area contributed by atoms with Crippen molar-refractivity contribution in [1.82, 2.24) is 5.32 Å². The van der Waals surface area contributed by atoms with Crippen molar-refractivity contribution < 1.29 is 4.74 Å². The largest absolute Gasteiger partial charge is 0.373 e. The molecule has 1 N–H and O–H groups in total. The Morgan fingerprint density at radius 2 is 2.06 bits per heavy atom. The first-order valence-corrected chi connectivity index (χ1v) is 6.70. The predicted octanol–water partition coefficient (Wildman–Crippen LogP) is 3.07. The summed E-state index contributed by atoms with van der Waals surface area (Å²) in [6.45, 7) is 7.41. The fraction of sp³-hybridized carbons (Fsp3) is 0.600. The van der Waals surface area contributed by atoms with Crippen molar-refractivity contribution in [2.45, 2.75) is 32.8 Å². The van der Waals surface area contributed by atoms with Crippen LogP contribution in [0.3, 0.4) is 0 Å². The maximum absolute atomic E-state index is 5.88. The third-order valence-corrected chi connectivity index (χ3v) is 3.45. The minimum atomic E-state index is 0.292. The van der Waals surface area contributed by atoms with Crippen LogP contribution in [0.25, 0.3) is 0 Å². The monoisotopic (exact) mass is 233 g/mol. The first kappa shape index (κ1) is 12.6. The van der Waals surface area contributed by atoms with Crippen LogP contribution in [0.2, 0.25) is 0 Å². The predicted molar refractivity (Wildman–Crippen MR) is 71.1 cm³/mol. The molecule has 0 saturated carbocycles. The molecule has 2 atom stereocenters. The molecule has 2 unspecified atom stereocenters. The van der Waals surface area contributed by atoms with Gasteiger partial charge in [0.05, 0.1) is 6.10 Å². The van der Waals surface area contributed by atoms with Gasteiger partial charge in [0.1, 0.15) is 0 Å². The lowest BCUT2D eigenvalue weighted by atomic mass is 9.95. The van der Waals surface area contributed by atoms with Gasteiger partial charge in [-0.1, -0.05) is 36.8 Å². The topological polar surface area (TPSA) is 21.3 Å². The summed E-state index contributed by atoms with van der Waals surface area (Å²) in [6, 6.07) is 8.76. The maximum Gasteiger partial charge on any atom is 0.0866 e. The number of hydrogen-bond acceptors (Lipinski definition) is 2. The van der Waals surface area contributed by atoms with E-state index < -0.39 is 0 Å². The van der Waals surface area contributed by atoms with Crippen LogP contribution in [0, 0.1) is 12.8 Å². The highest BCUT2D eigenvalue weighted by Crippen LogP contribution is 2.34. The molecule has 0 spiro atoms. The van der Waals surface area contributed by atoms with E-state index >= 15 is 0 Å². The first-order chi connectivity index (χ1) is 8.31. The van der Waals surface area contributed by atoms with E-state index in [-0.39, 0.29) is 0 Å². The van der Waals surface area contributed by atoms with Gasteiger partial charge < -0.3 is 10.1 Å². The second kappa shape index (κ2) is 6.18. The van der Waals surface area contributed by atoms with Crippen molar-refractivity contribution in [2.75, 3.05) is 19.7 Å². The zero-order valence-electron chi connectivity index (χ0n) is 10.9. The Balaban J connectivity index is 1.96.